The number of benzene rings is 1. The number of fused-ring (bicyclic) bond motifs is 1. The zero-order valence-corrected chi connectivity index (χ0v) is 7.54. The molecule has 14 heavy (non-hydrogen) atoms. The van der Waals surface area contributed by atoms with Crippen LogP contribution < -0.4 is 0 Å². The lowest BCUT2D eigenvalue weighted by Gasteiger charge is -2.27. The smallest absolute Gasteiger partial charge is 0.309 e. The molecular weight excluding hydrogens is 190 g/mol. The van der Waals surface area contributed by atoms with Crippen molar-refractivity contribution in [3.05, 3.63) is 35.4 Å². The zero-order chi connectivity index (χ0) is 10.6. The van der Waals surface area contributed by atoms with Gasteiger partial charge in [0.15, 0.2) is 5.60 Å². The molecule has 2 rings (SSSR count). The Labute approximate surface area is 79.8 Å². The van der Waals surface area contributed by atoms with E-state index < -0.39 is 17.6 Å². The molecule has 1 aromatic carbocycles. The van der Waals surface area contributed by atoms with Gasteiger partial charge in [0.25, 0.3) is 0 Å². The Morgan fingerprint density at radius 2 is 1.86 bits per heavy atom. The summed E-state index contributed by atoms with van der Waals surface area (Å²) >= 11 is 0. The molecule has 2 atom stereocenters. The van der Waals surface area contributed by atoms with Gasteiger partial charge in [0.2, 0.25) is 0 Å². The van der Waals surface area contributed by atoms with Crippen LogP contribution in [-0.4, -0.2) is 16.1 Å². The summed E-state index contributed by atoms with van der Waals surface area (Å²) in [4.78, 5) is 0. The molecular formula is C10H10F2O2. The lowest BCUT2D eigenvalue weighted by Crippen LogP contribution is -2.41. The number of hydrogen-bond donors (Lipinski definition) is 2. The molecule has 2 nitrogen and oxygen atoms in total. The average molecular weight is 200 g/mol. The van der Waals surface area contributed by atoms with Crippen molar-refractivity contribution in [1.29, 1.82) is 0 Å². The number of aliphatic hydroxyl groups excluding tert-OH is 1. The normalized spacial score (nSPS) is 34.2. The highest BCUT2D eigenvalue weighted by atomic mass is 19.3. The number of rotatable bonds is 0. The first-order valence-electron chi connectivity index (χ1n) is 4.26. The molecule has 0 heterocycles. The van der Waals surface area contributed by atoms with Crippen LogP contribution in [0, 0.1) is 0 Å². The van der Waals surface area contributed by atoms with E-state index in [-0.39, 0.29) is 11.1 Å². The van der Waals surface area contributed by atoms with Crippen LogP contribution >= 0.6 is 0 Å². The minimum Gasteiger partial charge on any atom is -0.382 e. The fourth-order valence-corrected chi connectivity index (χ4v) is 1.82. The lowest BCUT2D eigenvalue weighted by atomic mass is 9.96. The fraction of sp³-hybridized carbons (Fsp3) is 0.400. The summed E-state index contributed by atoms with van der Waals surface area (Å²) in [6.07, 6.45) is -1.92. The van der Waals surface area contributed by atoms with Gasteiger partial charge in [-0.15, -0.1) is 0 Å². The van der Waals surface area contributed by atoms with Gasteiger partial charge >= 0.3 is 5.92 Å². The van der Waals surface area contributed by atoms with Crippen LogP contribution in [0.4, 0.5) is 8.78 Å². The Morgan fingerprint density at radius 3 is 2.43 bits per heavy atom. The lowest BCUT2D eigenvalue weighted by molar-refractivity contribution is -0.215. The third-order valence-electron chi connectivity index (χ3n) is 2.77. The second kappa shape index (κ2) is 2.52. The second-order valence-electron chi connectivity index (χ2n) is 3.68. The number of aliphatic hydroxyl groups is 2. The largest absolute Gasteiger partial charge is 0.382 e. The highest BCUT2D eigenvalue weighted by Gasteiger charge is 2.62. The summed E-state index contributed by atoms with van der Waals surface area (Å²) in [6, 6.07) is 5.91. The molecule has 0 bridgehead atoms. The molecule has 0 amide bonds. The topological polar surface area (TPSA) is 40.5 Å². The van der Waals surface area contributed by atoms with Gasteiger partial charge < -0.3 is 10.2 Å². The molecule has 4 heteroatoms. The summed E-state index contributed by atoms with van der Waals surface area (Å²) in [5, 5.41) is 19.0. The molecule has 0 radical (unpaired) electrons. The molecule has 2 N–H and O–H groups in total. The Bertz CT molecular complexity index is 374. The molecule has 0 saturated heterocycles. The van der Waals surface area contributed by atoms with Gasteiger partial charge in [-0.05, 0) is 18.1 Å². The first-order valence-corrected chi connectivity index (χ1v) is 4.26. The molecule has 0 fully saturated rings. The highest BCUT2D eigenvalue weighted by molar-refractivity contribution is 5.42. The summed E-state index contributed by atoms with van der Waals surface area (Å²) < 4.78 is 26.8. The van der Waals surface area contributed by atoms with Crippen molar-refractivity contribution in [3.63, 3.8) is 0 Å². The average Bonchev–Trinajstić information content (AvgIpc) is 2.27. The first kappa shape index (κ1) is 9.55. The summed E-state index contributed by atoms with van der Waals surface area (Å²) in [6.45, 7) is 1.02. The van der Waals surface area contributed by atoms with Gasteiger partial charge in [0.05, 0.1) is 0 Å². The molecule has 0 spiro atoms. The van der Waals surface area contributed by atoms with Gasteiger partial charge in [-0.2, -0.15) is 8.78 Å². The van der Waals surface area contributed by atoms with Crippen LogP contribution in [0.5, 0.6) is 0 Å². The maximum atomic E-state index is 13.4. The molecule has 1 aliphatic carbocycles. The number of alkyl halides is 2. The van der Waals surface area contributed by atoms with Crippen molar-refractivity contribution in [2.45, 2.75) is 24.6 Å². The number of hydrogen-bond acceptors (Lipinski definition) is 2. The number of halogens is 2. The van der Waals surface area contributed by atoms with Gasteiger partial charge in [-0.25, -0.2) is 0 Å². The highest BCUT2D eigenvalue weighted by Crippen LogP contribution is 2.53. The van der Waals surface area contributed by atoms with Crippen molar-refractivity contribution in [3.8, 4) is 0 Å². The molecule has 0 unspecified atom stereocenters. The van der Waals surface area contributed by atoms with Crippen LogP contribution in [0.25, 0.3) is 0 Å². The monoisotopic (exact) mass is 200 g/mol. The second-order valence-corrected chi connectivity index (χ2v) is 3.68. The Kier molecular flexibility index (Phi) is 1.72. The quantitative estimate of drug-likeness (QED) is 0.667. The third-order valence-corrected chi connectivity index (χ3v) is 2.77. The van der Waals surface area contributed by atoms with E-state index in [2.05, 4.69) is 0 Å². The maximum Gasteiger partial charge on any atom is 0.309 e. The summed E-state index contributed by atoms with van der Waals surface area (Å²) in [5.74, 6) is -3.53. The Morgan fingerprint density at radius 1 is 1.29 bits per heavy atom. The predicted molar refractivity (Wildman–Crippen MR) is 45.9 cm³/mol. The van der Waals surface area contributed by atoms with E-state index >= 15 is 0 Å². The minimum absolute atomic E-state index is 0.0949. The van der Waals surface area contributed by atoms with E-state index in [9.17, 15) is 19.0 Å². The van der Waals surface area contributed by atoms with Crippen LogP contribution in [0.2, 0.25) is 0 Å². The third kappa shape index (κ3) is 0.898. The Balaban J connectivity index is 2.68. The van der Waals surface area contributed by atoms with E-state index in [1.807, 2.05) is 0 Å². The van der Waals surface area contributed by atoms with Gasteiger partial charge in [-0.1, -0.05) is 24.3 Å². The molecule has 0 aromatic heterocycles. The van der Waals surface area contributed by atoms with E-state index in [4.69, 9.17) is 0 Å². The van der Waals surface area contributed by atoms with Gasteiger partial charge in [-0.3, -0.25) is 0 Å². The molecule has 1 aliphatic rings. The summed E-state index contributed by atoms with van der Waals surface area (Å²) in [7, 11) is 0. The van der Waals surface area contributed by atoms with Crippen LogP contribution in [0.15, 0.2) is 24.3 Å². The van der Waals surface area contributed by atoms with E-state index in [0.717, 1.165) is 6.92 Å². The van der Waals surface area contributed by atoms with E-state index in [0.29, 0.717) is 0 Å². The SMILES string of the molecule is C[C@]1(O)c2ccccc2[C@@H](O)C1(F)F. The Hall–Kier alpha value is -1.00. The molecule has 0 saturated carbocycles. The van der Waals surface area contributed by atoms with Crippen molar-refractivity contribution in [1.82, 2.24) is 0 Å². The predicted octanol–water partition coefficient (Wildman–Crippen LogP) is 1.58. The standard InChI is InChI=1S/C10H10F2O2/c1-9(14)7-5-3-2-4-6(7)8(13)10(9,11)12/h2-5,8,13-14H,1H3/t8-,9+/m1/s1. The zero-order valence-electron chi connectivity index (χ0n) is 7.54. The minimum atomic E-state index is -3.53. The van der Waals surface area contributed by atoms with Crippen LogP contribution in [0.1, 0.15) is 24.2 Å². The van der Waals surface area contributed by atoms with Gasteiger partial charge in [0, 0.05) is 0 Å². The maximum absolute atomic E-state index is 13.4. The fourth-order valence-electron chi connectivity index (χ4n) is 1.82. The first-order chi connectivity index (χ1) is 6.39. The van der Waals surface area contributed by atoms with Crippen molar-refractivity contribution in [2.75, 3.05) is 0 Å². The van der Waals surface area contributed by atoms with Crippen molar-refractivity contribution < 1.29 is 19.0 Å². The summed E-state index contributed by atoms with van der Waals surface area (Å²) in [5.41, 5.74) is -2.09. The molecule has 1 aromatic rings. The molecule has 76 valence electrons. The van der Waals surface area contributed by atoms with E-state index in [1.54, 1.807) is 12.1 Å². The van der Waals surface area contributed by atoms with Crippen molar-refractivity contribution >= 4 is 0 Å². The van der Waals surface area contributed by atoms with Crippen molar-refractivity contribution in [2.24, 2.45) is 0 Å². The van der Waals surface area contributed by atoms with Gasteiger partial charge in [0.1, 0.15) is 6.10 Å². The van der Waals surface area contributed by atoms with E-state index in [1.165, 1.54) is 12.1 Å². The van der Waals surface area contributed by atoms with Crippen LogP contribution in [0.3, 0.4) is 0 Å². The molecule has 0 aliphatic heterocycles. The van der Waals surface area contributed by atoms with Crippen LogP contribution in [-0.2, 0) is 5.60 Å².